The minimum absolute atomic E-state index is 0.127. The SMILES string of the molecule is Cc1cc(C)cc(OCC(=O)Nc2ccc(S(=O)(=O)NC(C)C)cc2)c1. The van der Waals surface area contributed by atoms with Crippen LogP contribution in [0.5, 0.6) is 5.75 Å². The van der Waals surface area contributed by atoms with Crippen molar-refractivity contribution in [1.82, 2.24) is 4.72 Å². The third kappa shape index (κ3) is 5.86. The van der Waals surface area contributed by atoms with Crippen molar-refractivity contribution >= 4 is 21.6 Å². The van der Waals surface area contributed by atoms with Gasteiger partial charge in [0.15, 0.2) is 6.61 Å². The summed E-state index contributed by atoms with van der Waals surface area (Å²) >= 11 is 0. The fourth-order valence-electron chi connectivity index (χ4n) is 2.46. The summed E-state index contributed by atoms with van der Waals surface area (Å²) in [4.78, 5) is 12.2. The highest BCUT2D eigenvalue weighted by atomic mass is 32.2. The molecule has 2 N–H and O–H groups in total. The van der Waals surface area contributed by atoms with Gasteiger partial charge in [-0.05, 0) is 75.2 Å². The number of nitrogens with one attached hydrogen (secondary N) is 2. The number of hydrogen-bond donors (Lipinski definition) is 2. The van der Waals surface area contributed by atoms with Crippen LogP contribution in [-0.4, -0.2) is 27.0 Å². The Labute approximate surface area is 154 Å². The first-order chi connectivity index (χ1) is 12.2. The molecule has 0 bridgehead atoms. The molecule has 1 amide bonds. The predicted molar refractivity (Wildman–Crippen MR) is 102 cm³/mol. The molecule has 0 saturated heterocycles. The molecule has 0 unspecified atom stereocenters. The van der Waals surface area contributed by atoms with Crippen LogP contribution in [0.25, 0.3) is 0 Å². The first-order valence-electron chi connectivity index (χ1n) is 8.29. The van der Waals surface area contributed by atoms with Gasteiger partial charge in [0.05, 0.1) is 4.90 Å². The van der Waals surface area contributed by atoms with E-state index in [9.17, 15) is 13.2 Å². The average Bonchev–Trinajstić information content (AvgIpc) is 2.51. The normalized spacial score (nSPS) is 11.4. The van der Waals surface area contributed by atoms with Crippen molar-refractivity contribution in [1.29, 1.82) is 0 Å². The molecule has 2 rings (SSSR count). The lowest BCUT2D eigenvalue weighted by molar-refractivity contribution is -0.118. The maximum Gasteiger partial charge on any atom is 0.262 e. The van der Waals surface area contributed by atoms with Crippen molar-refractivity contribution < 1.29 is 17.9 Å². The molecule has 0 spiro atoms. The van der Waals surface area contributed by atoms with E-state index in [0.29, 0.717) is 11.4 Å². The van der Waals surface area contributed by atoms with Crippen LogP contribution >= 0.6 is 0 Å². The maximum absolute atomic E-state index is 12.1. The summed E-state index contributed by atoms with van der Waals surface area (Å²) in [5, 5.41) is 2.68. The van der Waals surface area contributed by atoms with Crippen LogP contribution in [0.4, 0.5) is 5.69 Å². The van der Waals surface area contributed by atoms with E-state index in [-0.39, 0.29) is 23.5 Å². The number of benzene rings is 2. The Kier molecular flexibility index (Phi) is 6.39. The number of hydrogen-bond acceptors (Lipinski definition) is 4. The van der Waals surface area contributed by atoms with Crippen molar-refractivity contribution in [3.8, 4) is 5.75 Å². The van der Waals surface area contributed by atoms with E-state index in [0.717, 1.165) is 11.1 Å². The molecule has 7 heteroatoms. The van der Waals surface area contributed by atoms with Crippen LogP contribution in [0.2, 0.25) is 0 Å². The van der Waals surface area contributed by atoms with Crippen molar-refractivity contribution in [3.63, 3.8) is 0 Å². The lowest BCUT2D eigenvalue weighted by atomic mass is 10.1. The Morgan fingerprint density at radius 2 is 1.62 bits per heavy atom. The minimum Gasteiger partial charge on any atom is -0.484 e. The molecule has 140 valence electrons. The summed E-state index contributed by atoms with van der Waals surface area (Å²) in [6, 6.07) is 11.5. The second-order valence-corrected chi connectivity index (χ2v) is 8.17. The second kappa shape index (κ2) is 8.33. The summed E-state index contributed by atoms with van der Waals surface area (Å²) in [5.41, 5.74) is 2.63. The third-order valence-electron chi connectivity index (χ3n) is 3.40. The highest BCUT2D eigenvalue weighted by Gasteiger charge is 2.15. The smallest absolute Gasteiger partial charge is 0.262 e. The topological polar surface area (TPSA) is 84.5 Å². The van der Waals surface area contributed by atoms with Crippen LogP contribution in [0.1, 0.15) is 25.0 Å². The molecule has 0 atom stereocenters. The van der Waals surface area contributed by atoms with E-state index in [1.54, 1.807) is 26.0 Å². The number of sulfonamides is 1. The van der Waals surface area contributed by atoms with Gasteiger partial charge in [0, 0.05) is 11.7 Å². The largest absolute Gasteiger partial charge is 0.484 e. The first kappa shape index (κ1) is 19.9. The Morgan fingerprint density at radius 3 is 2.15 bits per heavy atom. The van der Waals surface area contributed by atoms with Crippen molar-refractivity contribution in [2.45, 2.75) is 38.6 Å². The number of ether oxygens (including phenoxy) is 1. The van der Waals surface area contributed by atoms with Gasteiger partial charge in [0.2, 0.25) is 10.0 Å². The zero-order valence-corrected chi connectivity index (χ0v) is 16.2. The predicted octanol–water partition coefficient (Wildman–Crippen LogP) is 3.01. The van der Waals surface area contributed by atoms with Crippen LogP contribution in [0.3, 0.4) is 0 Å². The van der Waals surface area contributed by atoms with Gasteiger partial charge in [-0.1, -0.05) is 6.07 Å². The lowest BCUT2D eigenvalue weighted by Crippen LogP contribution is -2.30. The molecule has 0 heterocycles. The Hall–Kier alpha value is -2.38. The standard InChI is InChI=1S/C19H24N2O4S/c1-13(2)21-26(23,24)18-7-5-16(6-8-18)20-19(22)12-25-17-10-14(3)9-15(4)11-17/h5-11,13,21H,12H2,1-4H3,(H,20,22). The molecule has 6 nitrogen and oxygen atoms in total. The number of aryl methyl sites for hydroxylation is 2. The summed E-state index contributed by atoms with van der Waals surface area (Å²) in [6.07, 6.45) is 0. The molecular weight excluding hydrogens is 352 g/mol. The number of anilines is 1. The third-order valence-corrected chi connectivity index (χ3v) is 5.08. The number of rotatable bonds is 7. The van der Waals surface area contributed by atoms with Gasteiger partial charge in [-0.15, -0.1) is 0 Å². The summed E-state index contributed by atoms with van der Waals surface area (Å²) < 4.78 is 32.2. The maximum atomic E-state index is 12.1. The molecule has 2 aromatic rings. The summed E-state index contributed by atoms with van der Waals surface area (Å²) in [6.45, 7) is 7.30. The molecule has 0 saturated carbocycles. The first-order valence-corrected chi connectivity index (χ1v) is 9.77. The molecule has 0 aliphatic carbocycles. The highest BCUT2D eigenvalue weighted by Crippen LogP contribution is 2.17. The zero-order valence-electron chi connectivity index (χ0n) is 15.4. The lowest BCUT2D eigenvalue weighted by Gasteiger charge is -2.11. The Bertz CT molecular complexity index is 855. The zero-order chi connectivity index (χ0) is 19.3. The van der Waals surface area contributed by atoms with E-state index in [4.69, 9.17) is 4.74 Å². The molecule has 0 aliphatic rings. The van der Waals surface area contributed by atoms with Crippen molar-refractivity contribution in [2.24, 2.45) is 0 Å². The second-order valence-electron chi connectivity index (χ2n) is 6.46. The molecular formula is C19H24N2O4S. The van der Waals surface area contributed by atoms with E-state index in [2.05, 4.69) is 10.0 Å². The van der Waals surface area contributed by atoms with Gasteiger partial charge in [0.25, 0.3) is 5.91 Å². The highest BCUT2D eigenvalue weighted by molar-refractivity contribution is 7.89. The minimum atomic E-state index is -3.55. The van der Waals surface area contributed by atoms with Crippen LogP contribution in [0, 0.1) is 13.8 Å². The molecule has 0 radical (unpaired) electrons. The fraction of sp³-hybridized carbons (Fsp3) is 0.316. The van der Waals surface area contributed by atoms with E-state index < -0.39 is 10.0 Å². The van der Waals surface area contributed by atoms with Gasteiger partial charge in [-0.2, -0.15) is 0 Å². The molecule has 2 aromatic carbocycles. The number of carbonyl (C=O) groups excluding carboxylic acids is 1. The molecule has 0 fully saturated rings. The van der Waals surface area contributed by atoms with Crippen LogP contribution < -0.4 is 14.8 Å². The van der Waals surface area contributed by atoms with Crippen LogP contribution in [-0.2, 0) is 14.8 Å². The van der Waals surface area contributed by atoms with E-state index >= 15 is 0 Å². The van der Waals surface area contributed by atoms with Crippen molar-refractivity contribution in [2.75, 3.05) is 11.9 Å². The van der Waals surface area contributed by atoms with Gasteiger partial charge < -0.3 is 10.1 Å². The average molecular weight is 376 g/mol. The molecule has 0 aromatic heterocycles. The quantitative estimate of drug-likeness (QED) is 0.778. The number of carbonyl (C=O) groups is 1. The van der Waals surface area contributed by atoms with Gasteiger partial charge in [-0.3, -0.25) is 4.79 Å². The fourth-order valence-corrected chi connectivity index (χ4v) is 3.71. The monoisotopic (exact) mass is 376 g/mol. The van der Waals surface area contributed by atoms with E-state index in [1.807, 2.05) is 32.0 Å². The summed E-state index contributed by atoms with van der Waals surface area (Å²) in [5.74, 6) is 0.318. The van der Waals surface area contributed by atoms with Gasteiger partial charge in [-0.25, -0.2) is 13.1 Å². The van der Waals surface area contributed by atoms with Gasteiger partial charge in [0.1, 0.15) is 5.75 Å². The molecule has 26 heavy (non-hydrogen) atoms. The number of amides is 1. The Morgan fingerprint density at radius 1 is 1.04 bits per heavy atom. The Balaban J connectivity index is 1.95. The molecule has 0 aliphatic heterocycles. The van der Waals surface area contributed by atoms with E-state index in [1.165, 1.54) is 12.1 Å². The van der Waals surface area contributed by atoms with Crippen molar-refractivity contribution in [3.05, 3.63) is 53.6 Å². The van der Waals surface area contributed by atoms with Crippen LogP contribution in [0.15, 0.2) is 47.4 Å². The summed E-state index contributed by atoms with van der Waals surface area (Å²) in [7, 11) is -3.55. The van der Waals surface area contributed by atoms with Gasteiger partial charge >= 0.3 is 0 Å².